The predicted molar refractivity (Wildman–Crippen MR) is 114 cm³/mol. The Morgan fingerprint density at radius 1 is 1.22 bits per heavy atom. The van der Waals surface area contributed by atoms with E-state index in [0.717, 1.165) is 4.90 Å². The predicted octanol–water partition coefficient (Wildman–Crippen LogP) is 4.23. The molecular formula is C20H24Cl2F3N3O4. The van der Waals surface area contributed by atoms with E-state index >= 15 is 0 Å². The van der Waals surface area contributed by atoms with Crippen LogP contribution < -0.4 is 15.5 Å². The minimum absolute atomic E-state index is 0.0984. The summed E-state index contributed by atoms with van der Waals surface area (Å²) < 4.78 is 43.0. The van der Waals surface area contributed by atoms with E-state index in [0.29, 0.717) is 5.56 Å². The summed E-state index contributed by atoms with van der Waals surface area (Å²) in [5.74, 6) is -1.70. The van der Waals surface area contributed by atoms with E-state index in [9.17, 15) is 27.6 Å². The van der Waals surface area contributed by atoms with Gasteiger partial charge in [-0.1, -0.05) is 30.1 Å². The van der Waals surface area contributed by atoms with Gasteiger partial charge in [0.05, 0.1) is 10.0 Å². The summed E-state index contributed by atoms with van der Waals surface area (Å²) in [4.78, 5) is 39.2. The van der Waals surface area contributed by atoms with Crippen molar-refractivity contribution in [2.24, 2.45) is 0 Å². The first-order chi connectivity index (χ1) is 14.6. The lowest BCUT2D eigenvalue weighted by atomic mass is 10.1. The lowest BCUT2D eigenvalue weighted by molar-refractivity contribution is -0.139. The van der Waals surface area contributed by atoms with Gasteiger partial charge in [0.2, 0.25) is 11.8 Å². The molecule has 178 valence electrons. The number of carbonyl (C=O) groups excluding carboxylic acids is 3. The smallest absolute Gasteiger partial charge is 0.408 e. The van der Waals surface area contributed by atoms with Crippen molar-refractivity contribution in [1.29, 1.82) is 0 Å². The van der Waals surface area contributed by atoms with E-state index in [4.69, 9.17) is 27.9 Å². The second-order valence-corrected chi connectivity index (χ2v) is 9.01. The standard InChI is InChI=1S/C20H24Cl2F3N3O4/c1-5-12(27-18(31)32-19(2,3)4)17(30)28-13-7-6-11(21)15(22)10(13)8-14(28)16(29)26-9-20(23,24)25/h6-7,12,14H,5,8-9H2,1-4H3,(H,26,29)(H,27,31)/t12-,14-/m0/s1. The zero-order valence-electron chi connectivity index (χ0n) is 17.9. The van der Waals surface area contributed by atoms with Gasteiger partial charge in [-0.25, -0.2) is 4.79 Å². The lowest BCUT2D eigenvalue weighted by Gasteiger charge is -2.29. The van der Waals surface area contributed by atoms with Gasteiger partial charge in [-0.15, -0.1) is 0 Å². The van der Waals surface area contributed by atoms with Crippen molar-refractivity contribution < 1.29 is 32.3 Å². The Balaban J connectivity index is 2.36. The molecular weight excluding hydrogens is 474 g/mol. The monoisotopic (exact) mass is 497 g/mol. The number of fused-ring (bicyclic) bond motifs is 1. The van der Waals surface area contributed by atoms with Crippen LogP contribution in [0.5, 0.6) is 0 Å². The number of carbonyl (C=O) groups is 3. The average molecular weight is 498 g/mol. The number of alkyl carbamates (subject to hydrolysis) is 1. The summed E-state index contributed by atoms with van der Waals surface area (Å²) >= 11 is 12.3. The molecule has 1 aliphatic heterocycles. The largest absolute Gasteiger partial charge is 0.444 e. The highest BCUT2D eigenvalue weighted by Crippen LogP contribution is 2.41. The second-order valence-electron chi connectivity index (χ2n) is 8.23. The Bertz CT molecular complexity index is 903. The summed E-state index contributed by atoms with van der Waals surface area (Å²) in [5, 5.41) is 4.52. The van der Waals surface area contributed by atoms with Crippen LogP contribution in [0.25, 0.3) is 0 Å². The highest BCUT2D eigenvalue weighted by molar-refractivity contribution is 6.43. The zero-order valence-corrected chi connectivity index (χ0v) is 19.4. The van der Waals surface area contributed by atoms with Crippen LogP contribution in [-0.2, 0) is 20.7 Å². The fraction of sp³-hybridized carbons (Fsp3) is 0.550. The Morgan fingerprint density at radius 2 is 1.84 bits per heavy atom. The maximum atomic E-state index is 13.3. The first kappa shape index (κ1) is 26.1. The maximum Gasteiger partial charge on any atom is 0.408 e. The molecule has 0 saturated carbocycles. The number of halogens is 5. The van der Waals surface area contributed by atoms with E-state index in [1.807, 2.05) is 0 Å². The van der Waals surface area contributed by atoms with Crippen molar-refractivity contribution in [2.45, 2.75) is 64.4 Å². The van der Waals surface area contributed by atoms with Crippen LogP contribution in [0.1, 0.15) is 39.7 Å². The van der Waals surface area contributed by atoms with Crippen LogP contribution in [0.15, 0.2) is 12.1 Å². The molecule has 2 N–H and O–H groups in total. The van der Waals surface area contributed by atoms with E-state index in [1.165, 1.54) is 12.1 Å². The number of rotatable bonds is 5. The number of hydrogen-bond donors (Lipinski definition) is 2. The highest BCUT2D eigenvalue weighted by atomic mass is 35.5. The SMILES string of the molecule is CC[C@H](NC(=O)OC(C)(C)C)C(=O)N1c2ccc(Cl)c(Cl)c2C[C@H]1C(=O)NCC(F)(F)F. The zero-order chi connectivity index (χ0) is 24.4. The second kappa shape index (κ2) is 9.74. The fourth-order valence-corrected chi connectivity index (χ4v) is 3.61. The third-order valence-electron chi connectivity index (χ3n) is 4.54. The van der Waals surface area contributed by atoms with Crippen molar-refractivity contribution in [2.75, 3.05) is 11.4 Å². The number of nitrogens with one attached hydrogen (secondary N) is 2. The maximum absolute atomic E-state index is 13.3. The number of hydrogen-bond acceptors (Lipinski definition) is 4. The third kappa shape index (κ3) is 6.41. The molecule has 0 aromatic heterocycles. The molecule has 0 unspecified atom stereocenters. The minimum Gasteiger partial charge on any atom is -0.444 e. The average Bonchev–Trinajstić information content (AvgIpc) is 3.05. The van der Waals surface area contributed by atoms with Crippen molar-refractivity contribution in [3.05, 3.63) is 27.7 Å². The Labute approximate surface area is 193 Å². The molecule has 1 aliphatic rings. The minimum atomic E-state index is -4.62. The molecule has 3 amide bonds. The van der Waals surface area contributed by atoms with E-state index < -0.39 is 48.3 Å². The number of anilines is 1. The van der Waals surface area contributed by atoms with Crippen LogP contribution in [0.4, 0.5) is 23.7 Å². The number of ether oxygens (including phenoxy) is 1. The number of amides is 3. The van der Waals surface area contributed by atoms with Crippen molar-refractivity contribution >= 4 is 46.8 Å². The van der Waals surface area contributed by atoms with Gasteiger partial charge in [-0.05, 0) is 44.9 Å². The van der Waals surface area contributed by atoms with Crippen LogP contribution in [0, 0.1) is 0 Å². The number of alkyl halides is 3. The quantitative estimate of drug-likeness (QED) is 0.636. The molecule has 1 heterocycles. The number of benzene rings is 1. The van der Waals surface area contributed by atoms with Gasteiger partial charge in [0.1, 0.15) is 24.2 Å². The molecule has 32 heavy (non-hydrogen) atoms. The van der Waals surface area contributed by atoms with Gasteiger partial charge in [0.25, 0.3) is 0 Å². The molecule has 1 aromatic rings. The van der Waals surface area contributed by atoms with Gasteiger partial charge in [-0.3, -0.25) is 14.5 Å². The molecule has 0 saturated heterocycles. The van der Waals surface area contributed by atoms with Crippen LogP contribution in [0.3, 0.4) is 0 Å². The summed E-state index contributed by atoms with van der Waals surface area (Å²) in [7, 11) is 0. The van der Waals surface area contributed by atoms with E-state index in [1.54, 1.807) is 33.0 Å². The molecule has 0 fully saturated rings. The van der Waals surface area contributed by atoms with Crippen molar-refractivity contribution in [3.8, 4) is 0 Å². The normalized spacial score (nSPS) is 16.9. The van der Waals surface area contributed by atoms with Crippen LogP contribution >= 0.6 is 23.2 Å². The summed E-state index contributed by atoms with van der Waals surface area (Å²) in [6.45, 7) is 5.03. The van der Waals surface area contributed by atoms with Gasteiger partial charge in [0, 0.05) is 12.1 Å². The Kier molecular flexibility index (Phi) is 7.93. The molecule has 12 heteroatoms. The summed E-state index contributed by atoms with van der Waals surface area (Å²) in [5.41, 5.74) is -0.219. The first-order valence-corrected chi connectivity index (χ1v) is 10.5. The molecule has 0 radical (unpaired) electrons. The van der Waals surface area contributed by atoms with Crippen molar-refractivity contribution in [1.82, 2.24) is 10.6 Å². The molecule has 7 nitrogen and oxygen atoms in total. The Hall–Kier alpha value is -2.20. The number of nitrogens with zero attached hydrogens (tertiary/aromatic N) is 1. The fourth-order valence-electron chi connectivity index (χ4n) is 3.20. The topological polar surface area (TPSA) is 87.7 Å². The summed E-state index contributed by atoms with van der Waals surface area (Å²) in [6, 6.07) is 0.480. The van der Waals surface area contributed by atoms with Crippen molar-refractivity contribution in [3.63, 3.8) is 0 Å². The van der Waals surface area contributed by atoms with Gasteiger partial charge >= 0.3 is 12.3 Å². The van der Waals surface area contributed by atoms with E-state index in [2.05, 4.69) is 5.32 Å². The van der Waals surface area contributed by atoms with Gasteiger partial charge in [-0.2, -0.15) is 13.2 Å². The Morgan fingerprint density at radius 3 is 2.38 bits per heavy atom. The highest BCUT2D eigenvalue weighted by Gasteiger charge is 2.43. The van der Waals surface area contributed by atoms with E-state index in [-0.39, 0.29) is 28.6 Å². The first-order valence-electron chi connectivity index (χ1n) is 9.78. The molecule has 1 aromatic carbocycles. The molecule has 0 bridgehead atoms. The third-order valence-corrected chi connectivity index (χ3v) is 5.38. The molecule has 0 spiro atoms. The lowest BCUT2D eigenvalue weighted by Crippen LogP contribution is -2.55. The summed E-state index contributed by atoms with van der Waals surface area (Å²) in [6.07, 6.45) is -5.46. The van der Waals surface area contributed by atoms with Crippen LogP contribution in [-0.4, -0.2) is 48.3 Å². The van der Waals surface area contributed by atoms with Gasteiger partial charge < -0.3 is 15.4 Å². The molecule has 0 aliphatic carbocycles. The van der Waals surface area contributed by atoms with Crippen LogP contribution in [0.2, 0.25) is 10.0 Å². The van der Waals surface area contributed by atoms with Gasteiger partial charge in [0.15, 0.2) is 0 Å². The molecule has 2 atom stereocenters. The molecule has 2 rings (SSSR count).